The maximum Gasteiger partial charge on any atom is 0.169 e. The first-order valence-electron chi connectivity index (χ1n) is 4.95. The van der Waals surface area contributed by atoms with Gasteiger partial charge in [0.1, 0.15) is 0 Å². The molecule has 1 N–H and O–H groups in total. The highest BCUT2D eigenvalue weighted by molar-refractivity contribution is 7.80. The van der Waals surface area contributed by atoms with Crippen LogP contribution >= 0.6 is 12.2 Å². The van der Waals surface area contributed by atoms with E-state index in [0.29, 0.717) is 0 Å². The van der Waals surface area contributed by atoms with Crippen LogP contribution in [0.4, 0.5) is 0 Å². The number of nitrogens with zero attached hydrogens (tertiary/aromatic N) is 1. The highest BCUT2D eigenvalue weighted by atomic mass is 32.1. The van der Waals surface area contributed by atoms with Crippen molar-refractivity contribution in [2.45, 2.75) is 39.7 Å². The first-order valence-corrected chi connectivity index (χ1v) is 5.36. The Kier molecular flexibility index (Phi) is 3.17. The lowest BCUT2D eigenvalue weighted by atomic mass is 10.1. The predicted molar refractivity (Wildman–Crippen MR) is 60.8 cm³/mol. The summed E-state index contributed by atoms with van der Waals surface area (Å²) in [5.41, 5.74) is 0.0862. The smallest absolute Gasteiger partial charge is 0.169 e. The van der Waals surface area contributed by atoms with E-state index in [9.17, 15) is 0 Å². The van der Waals surface area contributed by atoms with Gasteiger partial charge in [0, 0.05) is 18.6 Å². The highest BCUT2D eigenvalue weighted by Gasteiger charge is 2.22. The lowest BCUT2D eigenvalue weighted by Gasteiger charge is -2.28. The van der Waals surface area contributed by atoms with Gasteiger partial charge in [-0.15, -0.1) is 0 Å². The fourth-order valence-corrected chi connectivity index (χ4v) is 1.99. The molecule has 2 nitrogen and oxygen atoms in total. The van der Waals surface area contributed by atoms with Crippen molar-refractivity contribution in [3.63, 3.8) is 0 Å². The molecule has 0 aromatic carbocycles. The number of nitrogens with one attached hydrogen (secondary N) is 1. The summed E-state index contributed by atoms with van der Waals surface area (Å²) in [4.78, 5) is 2.27. The molecule has 1 saturated heterocycles. The minimum atomic E-state index is 0.0862. The maximum absolute atomic E-state index is 5.33. The number of hydrogen-bond donors (Lipinski definition) is 1. The lowest BCUT2D eigenvalue weighted by Crippen LogP contribution is -2.47. The maximum atomic E-state index is 5.33. The zero-order valence-electron chi connectivity index (χ0n) is 9.05. The molecule has 1 atom stereocenters. The molecule has 1 heterocycles. The molecule has 13 heavy (non-hydrogen) atoms. The Bertz CT molecular complexity index is 196. The zero-order chi connectivity index (χ0) is 10.1. The average Bonchev–Trinajstić information content (AvgIpc) is 2.31. The van der Waals surface area contributed by atoms with Crippen LogP contribution in [-0.2, 0) is 0 Å². The largest absolute Gasteiger partial charge is 0.358 e. The van der Waals surface area contributed by atoms with Gasteiger partial charge in [-0.2, -0.15) is 0 Å². The summed E-state index contributed by atoms with van der Waals surface area (Å²) in [6.45, 7) is 10.9. The molecule has 1 unspecified atom stereocenters. The van der Waals surface area contributed by atoms with E-state index in [2.05, 4.69) is 37.9 Å². The third kappa shape index (κ3) is 3.51. The van der Waals surface area contributed by atoms with Crippen molar-refractivity contribution in [2.75, 3.05) is 13.1 Å². The van der Waals surface area contributed by atoms with E-state index >= 15 is 0 Å². The van der Waals surface area contributed by atoms with Crippen LogP contribution in [0.2, 0.25) is 0 Å². The Morgan fingerprint density at radius 3 is 2.46 bits per heavy atom. The molecule has 0 amide bonds. The van der Waals surface area contributed by atoms with Crippen molar-refractivity contribution >= 4 is 17.3 Å². The van der Waals surface area contributed by atoms with Crippen molar-refractivity contribution in [1.82, 2.24) is 10.2 Å². The van der Waals surface area contributed by atoms with Crippen LogP contribution in [0.15, 0.2) is 0 Å². The summed E-state index contributed by atoms with van der Waals surface area (Å²) in [7, 11) is 0. The monoisotopic (exact) mass is 200 g/mol. The molecule has 0 radical (unpaired) electrons. The van der Waals surface area contributed by atoms with E-state index in [-0.39, 0.29) is 5.54 Å². The molecule has 1 aliphatic rings. The van der Waals surface area contributed by atoms with Gasteiger partial charge >= 0.3 is 0 Å². The summed E-state index contributed by atoms with van der Waals surface area (Å²) in [6, 6.07) is 0. The molecule has 1 fully saturated rings. The van der Waals surface area contributed by atoms with Crippen LogP contribution in [0.5, 0.6) is 0 Å². The van der Waals surface area contributed by atoms with Gasteiger partial charge in [0.2, 0.25) is 0 Å². The molecule has 1 aliphatic heterocycles. The topological polar surface area (TPSA) is 15.3 Å². The third-order valence-corrected chi connectivity index (χ3v) is 2.55. The van der Waals surface area contributed by atoms with Crippen molar-refractivity contribution in [1.29, 1.82) is 0 Å². The first kappa shape index (κ1) is 10.8. The number of hydrogen-bond acceptors (Lipinski definition) is 1. The van der Waals surface area contributed by atoms with Crippen LogP contribution in [0, 0.1) is 5.92 Å². The summed E-state index contributed by atoms with van der Waals surface area (Å²) in [6.07, 6.45) is 1.27. The van der Waals surface area contributed by atoms with Gasteiger partial charge in [-0.25, -0.2) is 0 Å². The van der Waals surface area contributed by atoms with E-state index < -0.39 is 0 Å². The SMILES string of the molecule is CC1CCN(C(=S)NC(C)(C)C)C1. The Labute approximate surface area is 86.7 Å². The van der Waals surface area contributed by atoms with Crippen molar-refractivity contribution in [3.8, 4) is 0 Å². The van der Waals surface area contributed by atoms with Crippen LogP contribution in [0.3, 0.4) is 0 Å². The van der Waals surface area contributed by atoms with E-state index in [4.69, 9.17) is 12.2 Å². The van der Waals surface area contributed by atoms with Gasteiger partial charge in [-0.1, -0.05) is 6.92 Å². The molecule has 0 aromatic rings. The van der Waals surface area contributed by atoms with Crippen LogP contribution in [0.1, 0.15) is 34.1 Å². The molecule has 3 heteroatoms. The second-order valence-corrected chi connectivity index (χ2v) is 5.41. The Balaban J connectivity index is 2.41. The van der Waals surface area contributed by atoms with E-state index in [1.165, 1.54) is 6.42 Å². The van der Waals surface area contributed by atoms with Crippen molar-refractivity contribution in [3.05, 3.63) is 0 Å². The molecule has 76 valence electrons. The first-order chi connectivity index (χ1) is 5.88. The fourth-order valence-electron chi connectivity index (χ4n) is 1.52. The summed E-state index contributed by atoms with van der Waals surface area (Å²) in [5, 5.41) is 4.25. The van der Waals surface area contributed by atoms with Gasteiger partial charge < -0.3 is 10.2 Å². The van der Waals surface area contributed by atoms with Crippen LogP contribution in [-0.4, -0.2) is 28.6 Å². The minimum Gasteiger partial charge on any atom is -0.358 e. The Morgan fingerprint density at radius 1 is 1.46 bits per heavy atom. The fraction of sp³-hybridized carbons (Fsp3) is 0.900. The minimum absolute atomic E-state index is 0.0862. The number of rotatable bonds is 0. The molecule has 0 bridgehead atoms. The predicted octanol–water partition coefficient (Wildman–Crippen LogP) is 2.00. The molecule has 1 rings (SSSR count). The van der Waals surface area contributed by atoms with Gasteiger partial charge in [-0.05, 0) is 45.3 Å². The summed E-state index contributed by atoms with van der Waals surface area (Å²) < 4.78 is 0. The van der Waals surface area contributed by atoms with Gasteiger partial charge in [0.25, 0.3) is 0 Å². The quantitative estimate of drug-likeness (QED) is 0.602. The lowest BCUT2D eigenvalue weighted by molar-refractivity contribution is 0.435. The standard InChI is InChI=1S/C10H20N2S/c1-8-5-6-12(7-8)9(13)11-10(2,3)4/h8H,5-7H2,1-4H3,(H,11,13). The number of thiocarbonyl (C=S) groups is 1. The molecular formula is C10H20N2S. The second kappa shape index (κ2) is 3.82. The van der Waals surface area contributed by atoms with Gasteiger partial charge in [-0.3, -0.25) is 0 Å². The zero-order valence-corrected chi connectivity index (χ0v) is 9.87. The molecular weight excluding hydrogens is 180 g/mol. The van der Waals surface area contributed by atoms with Crippen molar-refractivity contribution < 1.29 is 0 Å². The molecule has 0 saturated carbocycles. The van der Waals surface area contributed by atoms with Crippen LogP contribution < -0.4 is 5.32 Å². The Morgan fingerprint density at radius 2 is 2.08 bits per heavy atom. The van der Waals surface area contributed by atoms with Gasteiger partial charge in [0.05, 0.1) is 0 Å². The van der Waals surface area contributed by atoms with E-state index in [1.807, 2.05) is 0 Å². The summed E-state index contributed by atoms with van der Waals surface area (Å²) >= 11 is 5.33. The van der Waals surface area contributed by atoms with Crippen molar-refractivity contribution in [2.24, 2.45) is 5.92 Å². The molecule has 0 aliphatic carbocycles. The highest BCUT2D eigenvalue weighted by Crippen LogP contribution is 2.15. The van der Waals surface area contributed by atoms with E-state index in [0.717, 1.165) is 24.1 Å². The van der Waals surface area contributed by atoms with Gasteiger partial charge in [0.15, 0.2) is 5.11 Å². The normalized spacial score (nSPS) is 23.4. The molecule has 0 spiro atoms. The third-order valence-electron chi connectivity index (χ3n) is 2.19. The average molecular weight is 200 g/mol. The van der Waals surface area contributed by atoms with E-state index in [1.54, 1.807) is 0 Å². The molecule has 0 aromatic heterocycles. The Hall–Kier alpha value is -0.310. The summed E-state index contributed by atoms with van der Waals surface area (Å²) in [5.74, 6) is 0.791. The second-order valence-electron chi connectivity index (χ2n) is 5.02. The van der Waals surface area contributed by atoms with Crippen LogP contribution in [0.25, 0.3) is 0 Å². The number of likely N-dealkylation sites (tertiary alicyclic amines) is 1.